The highest BCUT2D eigenvalue weighted by Crippen LogP contribution is 2.51. The number of carbonyl (C=O) groups excluding carboxylic acids is 2. The average Bonchev–Trinajstić information content (AvgIpc) is 0.800. The number of nitro groups is 3. The number of hydrogen-bond donors (Lipinski definition) is 2. The standard InChI is InChI=1S/C26H28F4N2O6.C20H30S4.C12H18O2.C7H16S2Si.C6H5NO3.CHF3O3S/c27-25(28,37-23-13-9-21(10-14-23)31(33)34)19-5-1-17(2-6-19)18-3-7-20(8-4-18)26(29,30)38-24-15-11-22(12-16-24)32(35)36;1-11-21-19(22-12-1)17-7-3-15(4-8-17)16-5-9-18(10-6-16)20-23-13-2-14-24-20;13-11-5-1-9(2-6-11)10-3-7-12(14)8-4-10;1-10(2,3)7-8-5-4-6-9-7;8-6-3-1-5(2-4-6)7(9)10;2-1(3,4)8(5,6)7/h9-20H,1-8H2;15-16H,1-14H2;9-10H,1-8H2;7H,4-6H2,1-3H3;1-4,8H;(H,5,6,7). The molecule has 0 amide bonds. The molecule has 3 aliphatic heterocycles. The van der Waals surface area contributed by atoms with Crippen molar-refractivity contribution in [3.63, 3.8) is 0 Å². The predicted molar refractivity (Wildman–Crippen MR) is 408 cm³/mol. The number of ketones is 2. The molecule has 3 aromatic rings. The Morgan fingerprint density at radius 3 is 0.952 bits per heavy atom. The van der Waals surface area contributed by atoms with Gasteiger partial charge in [0.25, 0.3) is 17.1 Å². The molecule has 6 saturated carbocycles. The van der Waals surface area contributed by atoms with E-state index in [0.29, 0.717) is 37.2 Å². The quantitative estimate of drug-likeness (QED) is 0.0402. The molecule has 6 aliphatic carbocycles. The lowest BCUT2D eigenvalue weighted by molar-refractivity contribution is -0.385. The first-order valence-electron chi connectivity index (χ1n) is 36.0. The number of non-ortho nitro benzene ring substituents is 3. The molecule has 0 bridgehead atoms. The Kier molecular flexibility index (Phi) is 34.8. The van der Waals surface area contributed by atoms with E-state index in [4.69, 9.17) is 27.6 Å². The van der Waals surface area contributed by atoms with Crippen molar-refractivity contribution in [3.8, 4) is 17.2 Å². The molecule has 2 N–H and O–H groups in total. The Labute approximate surface area is 632 Å². The van der Waals surface area contributed by atoms with Crippen LogP contribution in [0.5, 0.6) is 17.2 Å². The lowest BCUT2D eigenvalue weighted by Crippen LogP contribution is -2.40. The number of hydrogen-bond acceptors (Lipinski definition) is 19. The van der Waals surface area contributed by atoms with Gasteiger partial charge in [0, 0.05) is 74.8 Å². The zero-order chi connectivity index (χ0) is 75.8. The second-order valence-electron chi connectivity index (χ2n) is 28.9. The maximum atomic E-state index is 14.8. The normalized spacial score (nSPS) is 24.3. The maximum Gasteiger partial charge on any atom is 0.522 e. The molecule has 32 heteroatoms. The first-order chi connectivity index (χ1) is 49.1. The first kappa shape index (κ1) is 87.0. The number of Topliss-reactive ketones (excluding diaryl/α,β-unsaturated/α-hetero) is 2. The van der Waals surface area contributed by atoms with E-state index in [9.17, 15) is 70.7 Å². The van der Waals surface area contributed by atoms with Gasteiger partial charge in [0.05, 0.1) is 34.7 Å². The van der Waals surface area contributed by atoms with Gasteiger partial charge in [0.15, 0.2) is 0 Å². The maximum absolute atomic E-state index is 14.8. The number of ether oxygens (including phenoxy) is 2. The van der Waals surface area contributed by atoms with Crippen LogP contribution in [0.1, 0.15) is 173 Å². The minimum absolute atomic E-state index is 0.0159. The molecule has 580 valence electrons. The highest BCUT2D eigenvalue weighted by atomic mass is 32.2. The smallest absolute Gasteiger partial charge is 0.508 e. The van der Waals surface area contributed by atoms with E-state index >= 15 is 0 Å². The van der Waals surface area contributed by atoms with Crippen molar-refractivity contribution in [2.24, 2.45) is 47.3 Å². The number of rotatable bonds is 13. The number of allylic oxidation sites excluding steroid dienone is 2. The molecule has 0 aromatic heterocycles. The minimum Gasteiger partial charge on any atom is -0.508 e. The molecule has 9 fully saturated rings. The molecule has 0 radical (unpaired) electrons. The van der Waals surface area contributed by atoms with Gasteiger partial charge in [-0.15, -0.1) is 47.0 Å². The fourth-order valence-electron chi connectivity index (χ4n) is 14.6. The van der Waals surface area contributed by atoms with E-state index in [1.807, 2.05) is 11.1 Å². The molecule has 0 atom stereocenters. The van der Waals surface area contributed by atoms with Gasteiger partial charge in [-0.3, -0.25) is 44.5 Å². The second kappa shape index (κ2) is 41.6. The Bertz CT molecular complexity index is 3230. The van der Waals surface area contributed by atoms with Crippen LogP contribution in [-0.2, 0) is 19.7 Å². The summed E-state index contributed by atoms with van der Waals surface area (Å²) in [7, 11) is -6.67. The van der Waals surface area contributed by atoms with Crippen LogP contribution in [0.3, 0.4) is 0 Å². The Morgan fingerprint density at radius 1 is 0.433 bits per heavy atom. The lowest BCUT2D eigenvalue weighted by atomic mass is 9.69. The van der Waals surface area contributed by atoms with Gasteiger partial charge in [-0.25, -0.2) is 0 Å². The summed E-state index contributed by atoms with van der Waals surface area (Å²) < 4.78 is 131. The Hall–Kier alpha value is -4.18. The van der Waals surface area contributed by atoms with Crippen molar-refractivity contribution in [1.29, 1.82) is 0 Å². The third-order valence-electron chi connectivity index (χ3n) is 20.5. The number of nitrogens with zero attached hydrogens (tertiary/aromatic N) is 3. The molecule has 3 saturated heterocycles. The summed E-state index contributed by atoms with van der Waals surface area (Å²) in [4.78, 5) is 51.9. The third kappa shape index (κ3) is 28.7. The number of thioether (sulfide) groups is 6. The predicted octanol–water partition coefficient (Wildman–Crippen LogP) is 22.5. The van der Waals surface area contributed by atoms with Gasteiger partial charge in [-0.2, -0.15) is 62.7 Å². The molecule has 9 aliphatic rings. The van der Waals surface area contributed by atoms with Crippen LogP contribution in [0.15, 0.2) is 92.4 Å². The topological polar surface area (TPSA) is 257 Å². The molecular weight excluding hydrogens is 1520 g/mol. The highest BCUT2D eigenvalue weighted by molar-refractivity contribution is 8.23. The van der Waals surface area contributed by atoms with Gasteiger partial charge in [-0.05, 0) is 254 Å². The van der Waals surface area contributed by atoms with Crippen molar-refractivity contribution >= 4 is 117 Å². The summed E-state index contributed by atoms with van der Waals surface area (Å²) in [5.74, 6) is 10.8. The highest BCUT2D eigenvalue weighted by Gasteiger charge is 2.49. The van der Waals surface area contributed by atoms with E-state index in [0.717, 1.165) is 128 Å². The van der Waals surface area contributed by atoms with E-state index < -0.39 is 62.5 Å². The summed E-state index contributed by atoms with van der Waals surface area (Å²) in [6, 6.07) is 14.1. The number of halogens is 7. The van der Waals surface area contributed by atoms with E-state index in [2.05, 4.69) is 90.2 Å². The molecule has 17 nitrogen and oxygen atoms in total. The van der Waals surface area contributed by atoms with Crippen molar-refractivity contribution in [2.75, 3.05) is 34.5 Å². The van der Waals surface area contributed by atoms with Gasteiger partial charge in [0.2, 0.25) is 0 Å². The minimum atomic E-state index is -5.84. The van der Waals surface area contributed by atoms with Gasteiger partial charge in [-0.1, -0.05) is 30.8 Å². The lowest BCUT2D eigenvalue weighted by Gasteiger charge is -2.40. The number of benzene rings is 3. The zero-order valence-electron chi connectivity index (χ0n) is 59.1. The van der Waals surface area contributed by atoms with Crippen LogP contribution in [0.4, 0.5) is 47.8 Å². The van der Waals surface area contributed by atoms with Crippen molar-refractivity contribution in [3.05, 3.63) is 123 Å². The van der Waals surface area contributed by atoms with E-state index in [1.165, 1.54) is 129 Å². The number of aromatic hydroxyl groups is 1. The Morgan fingerprint density at radius 2 is 0.692 bits per heavy atom. The molecule has 3 aromatic carbocycles. The second-order valence-corrected chi connectivity index (χ2v) is 44.1. The SMILES string of the molecule is C1CSC(=C2CCC(C3CCC(=C4SCCCS4)CC3)CC2)SC1.C[Si](C)(C)C1SCCCS1.O=C1CCC(C2CCC(=O)CC2)CC1.O=S(=O)(O)C(F)(F)F.O=[N+]([O-])c1ccc(O)cc1.O=[N+]([O-])c1ccc(OC(F)(F)C2CCC(C3CCC(C(F)(F)Oc4ccc([N+](=O)[O-])cc4)CC3)CC2)cc1. The van der Waals surface area contributed by atoms with Crippen LogP contribution >= 0.6 is 70.6 Å². The number of nitro benzene ring substituents is 3. The van der Waals surface area contributed by atoms with Crippen molar-refractivity contribution < 1.29 is 82.6 Å². The fourth-order valence-corrected chi connectivity index (χ4v) is 27.1. The summed E-state index contributed by atoms with van der Waals surface area (Å²) >= 11 is 13.0. The summed E-state index contributed by atoms with van der Waals surface area (Å²) in [5, 5.41) is 40.2. The molecule has 0 unspecified atom stereocenters. The van der Waals surface area contributed by atoms with Gasteiger partial charge < -0.3 is 14.6 Å². The zero-order valence-corrected chi connectivity index (χ0v) is 65.8. The van der Waals surface area contributed by atoms with Crippen molar-refractivity contribution in [1.82, 2.24) is 0 Å². The van der Waals surface area contributed by atoms with Crippen LogP contribution < -0.4 is 9.47 Å². The summed E-state index contributed by atoms with van der Waals surface area (Å²) in [5.41, 5.74) is -2.33. The molecular formula is C72H98F7N3O14S7Si. The fraction of sp³-hybridized carbons (Fsp3) is 0.667. The van der Waals surface area contributed by atoms with Gasteiger partial charge in [0.1, 0.15) is 28.8 Å². The average molecular weight is 1620 g/mol. The largest absolute Gasteiger partial charge is 0.522 e. The first-order valence-corrected chi connectivity index (χ1v) is 47.0. The molecule has 12 rings (SSSR count). The summed E-state index contributed by atoms with van der Waals surface area (Å²) in [6.45, 7) is 7.43. The molecule has 0 spiro atoms. The van der Waals surface area contributed by atoms with Crippen LogP contribution in [0, 0.1) is 77.7 Å². The van der Waals surface area contributed by atoms with E-state index in [1.54, 1.807) is 8.47 Å². The van der Waals surface area contributed by atoms with Crippen molar-refractivity contribution in [2.45, 2.75) is 215 Å². The van der Waals surface area contributed by atoms with Crippen LogP contribution in [-0.4, -0.2) is 109 Å². The Balaban J connectivity index is 0.000000194. The number of alkyl halides is 7. The van der Waals surface area contributed by atoms with Crippen LogP contribution in [0.25, 0.3) is 0 Å². The number of phenols is 1. The van der Waals surface area contributed by atoms with Gasteiger partial charge >= 0.3 is 27.8 Å². The third-order valence-corrected chi connectivity index (χ3v) is 35.8. The van der Waals surface area contributed by atoms with E-state index in [-0.39, 0.29) is 71.8 Å². The van der Waals surface area contributed by atoms with Crippen LogP contribution in [0.2, 0.25) is 19.6 Å². The number of carbonyl (C=O) groups is 2. The molecule has 3 heterocycles. The monoisotopic (exact) mass is 1610 g/mol. The summed E-state index contributed by atoms with van der Waals surface area (Å²) in [6.07, 6.45) is 19.6. The molecule has 104 heavy (non-hydrogen) atoms. The number of phenolic OH excluding ortho intramolecular Hbond substituents is 1.